The molecule has 0 aromatic carbocycles. The Morgan fingerprint density at radius 1 is 1.43 bits per heavy atom. The molecule has 2 aromatic rings. The smallest absolute Gasteiger partial charge is 0.155 e. The standard InChI is InChI=1S/C10H13N3O/c1-6-4-10-11-5-9(8(3)14)7(2)13(10)12-6/h4-5,8,14H,1-3H3/t8-/m0/s1. The summed E-state index contributed by atoms with van der Waals surface area (Å²) in [4.78, 5) is 4.22. The zero-order valence-corrected chi connectivity index (χ0v) is 8.52. The van der Waals surface area contributed by atoms with E-state index in [0.29, 0.717) is 0 Å². The van der Waals surface area contributed by atoms with Gasteiger partial charge in [0.2, 0.25) is 0 Å². The van der Waals surface area contributed by atoms with E-state index in [1.807, 2.05) is 19.9 Å². The summed E-state index contributed by atoms with van der Waals surface area (Å²) >= 11 is 0. The molecule has 0 aliphatic heterocycles. The fraction of sp³-hybridized carbons (Fsp3) is 0.400. The first-order chi connectivity index (χ1) is 6.59. The van der Waals surface area contributed by atoms with E-state index >= 15 is 0 Å². The SMILES string of the molecule is Cc1cc2ncc([C@H](C)O)c(C)n2n1. The number of rotatable bonds is 1. The number of aliphatic hydroxyl groups excluding tert-OH is 1. The van der Waals surface area contributed by atoms with Gasteiger partial charge in [-0.05, 0) is 20.8 Å². The van der Waals surface area contributed by atoms with Crippen LogP contribution in [-0.4, -0.2) is 19.7 Å². The van der Waals surface area contributed by atoms with Gasteiger partial charge in [-0.15, -0.1) is 0 Å². The summed E-state index contributed by atoms with van der Waals surface area (Å²) in [5, 5.41) is 13.8. The van der Waals surface area contributed by atoms with Crippen molar-refractivity contribution in [2.24, 2.45) is 0 Å². The number of aryl methyl sites for hydroxylation is 2. The summed E-state index contributed by atoms with van der Waals surface area (Å²) in [5.74, 6) is 0. The lowest BCUT2D eigenvalue weighted by atomic mass is 10.1. The first kappa shape index (κ1) is 9.15. The largest absolute Gasteiger partial charge is 0.389 e. The molecule has 0 saturated heterocycles. The van der Waals surface area contributed by atoms with E-state index in [1.165, 1.54) is 0 Å². The maximum Gasteiger partial charge on any atom is 0.155 e. The summed E-state index contributed by atoms with van der Waals surface area (Å²) < 4.78 is 1.76. The van der Waals surface area contributed by atoms with E-state index in [1.54, 1.807) is 17.6 Å². The zero-order chi connectivity index (χ0) is 10.3. The Labute approximate surface area is 82.2 Å². The lowest BCUT2D eigenvalue weighted by Crippen LogP contribution is -2.04. The Morgan fingerprint density at radius 3 is 2.79 bits per heavy atom. The topological polar surface area (TPSA) is 50.4 Å². The van der Waals surface area contributed by atoms with Gasteiger partial charge in [0, 0.05) is 23.5 Å². The van der Waals surface area contributed by atoms with E-state index in [4.69, 9.17) is 0 Å². The summed E-state index contributed by atoms with van der Waals surface area (Å²) in [6, 6.07) is 1.92. The van der Waals surface area contributed by atoms with Gasteiger partial charge in [0.05, 0.1) is 11.8 Å². The van der Waals surface area contributed by atoms with E-state index in [-0.39, 0.29) is 0 Å². The molecule has 4 heteroatoms. The number of aromatic nitrogens is 3. The summed E-state index contributed by atoms with van der Waals surface area (Å²) in [6.45, 7) is 5.59. The highest BCUT2D eigenvalue weighted by Crippen LogP contribution is 2.17. The second-order valence-electron chi connectivity index (χ2n) is 3.53. The van der Waals surface area contributed by atoms with Gasteiger partial charge < -0.3 is 5.11 Å². The van der Waals surface area contributed by atoms with Crippen LogP contribution in [0.25, 0.3) is 5.65 Å². The first-order valence-corrected chi connectivity index (χ1v) is 4.59. The Hall–Kier alpha value is -1.42. The number of aliphatic hydroxyl groups is 1. The third-order valence-electron chi connectivity index (χ3n) is 2.33. The van der Waals surface area contributed by atoms with Crippen molar-refractivity contribution in [1.29, 1.82) is 0 Å². The molecule has 0 bridgehead atoms. The Morgan fingerprint density at radius 2 is 2.14 bits per heavy atom. The lowest BCUT2D eigenvalue weighted by molar-refractivity contribution is 0.197. The van der Waals surface area contributed by atoms with E-state index in [2.05, 4.69) is 10.1 Å². The lowest BCUT2D eigenvalue weighted by Gasteiger charge is -2.08. The zero-order valence-electron chi connectivity index (χ0n) is 8.52. The summed E-state index contributed by atoms with van der Waals surface area (Å²) in [7, 11) is 0. The quantitative estimate of drug-likeness (QED) is 0.741. The molecule has 74 valence electrons. The second kappa shape index (κ2) is 3.06. The van der Waals surface area contributed by atoms with Gasteiger partial charge >= 0.3 is 0 Å². The van der Waals surface area contributed by atoms with Gasteiger partial charge in [0.15, 0.2) is 5.65 Å². The fourth-order valence-corrected chi connectivity index (χ4v) is 1.59. The molecule has 0 spiro atoms. The van der Waals surface area contributed by atoms with Crippen LogP contribution in [0, 0.1) is 13.8 Å². The van der Waals surface area contributed by atoms with Crippen molar-refractivity contribution in [1.82, 2.24) is 14.6 Å². The number of fused-ring (bicyclic) bond motifs is 1. The van der Waals surface area contributed by atoms with Crippen LogP contribution in [0.5, 0.6) is 0 Å². The number of hydrogen-bond acceptors (Lipinski definition) is 3. The summed E-state index contributed by atoms with van der Waals surface area (Å²) in [5.41, 5.74) is 3.52. The van der Waals surface area contributed by atoms with Gasteiger partial charge in [0.25, 0.3) is 0 Å². The van der Waals surface area contributed by atoms with Crippen molar-refractivity contribution in [3.05, 3.63) is 29.2 Å². The molecule has 4 nitrogen and oxygen atoms in total. The molecule has 1 atom stereocenters. The van der Waals surface area contributed by atoms with Gasteiger partial charge in [-0.1, -0.05) is 0 Å². The average molecular weight is 191 g/mol. The first-order valence-electron chi connectivity index (χ1n) is 4.59. The third kappa shape index (κ3) is 1.28. The maximum atomic E-state index is 9.49. The van der Waals surface area contributed by atoms with Crippen molar-refractivity contribution in [2.45, 2.75) is 26.9 Å². The Balaban J connectivity index is 2.74. The van der Waals surface area contributed by atoms with Crippen molar-refractivity contribution in [3.8, 4) is 0 Å². The molecule has 2 rings (SSSR count). The molecule has 0 radical (unpaired) electrons. The molecule has 0 fully saturated rings. The minimum Gasteiger partial charge on any atom is -0.389 e. The molecule has 0 aliphatic rings. The van der Waals surface area contributed by atoms with Crippen molar-refractivity contribution >= 4 is 5.65 Å². The van der Waals surface area contributed by atoms with E-state index in [9.17, 15) is 5.11 Å². The monoisotopic (exact) mass is 191 g/mol. The molecule has 2 aromatic heterocycles. The molecule has 0 unspecified atom stereocenters. The number of hydrogen-bond donors (Lipinski definition) is 1. The molecule has 0 saturated carbocycles. The van der Waals surface area contributed by atoms with Crippen LogP contribution < -0.4 is 0 Å². The molecule has 2 heterocycles. The van der Waals surface area contributed by atoms with Crippen molar-refractivity contribution < 1.29 is 5.11 Å². The van der Waals surface area contributed by atoms with E-state index in [0.717, 1.165) is 22.6 Å². The van der Waals surface area contributed by atoms with Crippen molar-refractivity contribution in [3.63, 3.8) is 0 Å². The second-order valence-corrected chi connectivity index (χ2v) is 3.53. The van der Waals surface area contributed by atoms with E-state index < -0.39 is 6.10 Å². The van der Waals surface area contributed by atoms with Gasteiger partial charge in [-0.25, -0.2) is 9.50 Å². The Kier molecular flexibility index (Phi) is 2.00. The third-order valence-corrected chi connectivity index (χ3v) is 2.33. The van der Waals surface area contributed by atoms with Crippen LogP contribution in [0.4, 0.5) is 0 Å². The van der Waals surface area contributed by atoms with Crippen LogP contribution in [0.1, 0.15) is 30.0 Å². The molecule has 14 heavy (non-hydrogen) atoms. The van der Waals surface area contributed by atoms with Crippen molar-refractivity contribution in [2.75, 3.05) is 0 Å². The average Bonchev–Trinajstić information content (AvgIpc) is 2.46. The minimum absolute atomic E-state index is 0.503. The van der Waals surface area contributed by atoms with Gasteiger partial charge in [-0.2, -0.15) is 5.10 Å². The highest BCUT2D eigenvalue weighted by Gasteiger charge is 2.10. The van der Waals surface area contributed by atoms with Crippen LogP contribution in [-0.2, 0) is 0 Å². The molecular formula is C10H13N3O. The summed E-state index contributed by atoms with van der Waals surface area (Å²) in [6.07, 6.45) is 1.20. The normalized spacial score (nSPS) is 13.4. The predicted octanol–water partition coefficient (Wildman–Crippen LogP) is 1.40. The van der Waals surface area contributed by atoms with Crippen LogP contribution in [0.3, 0.4) is 0 Å². The molecule has 1 N–H and O–H groups in total. The molecule has 0 amide bonds. The van der Waals surface area contributed by atoms with Crippen LogP contribution >= 0.6 is 0 Å². The van der Waals surface area contributed by atoms with Gasteiger partial charge in [0.1, 0.15) is 0 Å². The highest BCUT2D eigenvalue weighted by molar-refractivity contribution is 5.41. The number of nitrogens with zero attached hydrogens (tertiary/aromatic N) is 3. The molecule has 0 aliphatic carbocycles. The maximum absolute atomic E-state index is 9.49. The Bertz CT molecular complexity index is 473. The fourth-order valence-electron chi connectivity index (χ4n) is 1.59. The highest BCUT2D eigenvalue weighted by atomic mass is 16.3. The minimum atomic E-state index is -0.503. The van der Waals surface area contributed by atoms with Crippen LogP contribution in [0.15, 0.2) is 12.3 Å². The molecular weight excluding hydrogens is 178 g/mol. The van der Waals surface area contributed by atoms with Crippen LogP contribution in [0.2, 0.25) is 0 Å². The predicted molar refractivity (Wildman–Crippen MR) is 53.1 cm³/mol. The van der Waals surface area contributed by atoms with Gasteiger partial charge in [-0.3, -0.25) is 0 Å².